The number of likely N-dealkylation sites (tertiary alicyclic amines) is 2. The van der Waals surface area contributed by atoms with Gasteiger partial charge in [-0.15, -0.1) is 0 Å². The minimum atomic E-state index is -0.197. The highest BCUT2D eigenvalue weighted by Crippen LogP contribution is 2.54. The van der Waals surface area contributed by atoms with Gasteiger partial charge in [0.25, 0.3) is 0 Å². The monoisotopic (exact) mass is 366 g/mol. The SMILES string of the molecule is OC[C@@H]1[C@@H](c2ccccc2)C2(CN(CC3CC3)C2)N1Cc1ccc(F)cc1. The van der Waals surface area contributed by atoms with Gasteiger partial charge in [0.1, 0.15) is 5.82 Å². The molecule has 0 amide bonds. The van der Waals surface area contributed by atoms with Crippen LogP contribution in [0.3, 0.4) is 0 Å². The fraction of sp³-hybridized carbons (Fsp3) is 0.478. The molecule has 1 N–H and O–H groups in total. The van der Waals surface area contributed by atoms with Gasteiger partial charge in [0.15, 0.2) is 0 Å². The van der Waals surface area contributed by atoms with Crippen LogP contribution in [0.15, 0.2) is 54.6 Å². The summed E-state index contributed by atoms with van der Waals surface area (Å²) in [5.41, 5.74) is 2.54. The second-order valence-electron chi connectivity index (χ2n) is 8.61. The summed E-state index contributed by atoms with van der Waals surface area (Å²) in [6, 6.07) is 17.6. The molecule has 0 bridgehead atoms. The van der Waals surface area contributed by atoms with Crippen molar-refractivity contribution in [1.29, 1.82) is 0 Å². The molecule has 0 radical (unpaired) electrons. The first kappa shape index (κ1) is 17.4. The average Bonchev–Trinajstić information content (AvgIpc) is 3.47. The van der Waals surface area contributed by atoms with Crippen molar-refractivity contribution in [3.63, 3.8) is 0 Å². The summed E-state index contributed by atoms with van der Waals surface area (Å²) in [6.45, 7) is 4.29. The van der Waals surface area contributed by atoms with Crippen LogP contribution in [-0.4, -0.2) is 52.7 Å². The molecule has 5 rings (SSSR count). The Morgan fingerprint density at radius 2 is 1.70 bits per heavy atom. The molecule has 2 heterocycles. The van der Waals surface area contributed by atoms with Crippen molar-refractivity contribution in [2.45, 2.75) is 36.9 Å². The van der Waals surface area contributed by atoms with Crippen molar-refractivity contribution in [2.75, 3.05) is 26.2 Å². The summed E-state index contributed by atoms with van der Waals surface area (Å²) in [5, 5.41) is 10.2. The van der Waals surface area contributed by atoms with Crippen molar-refractivity contribution in [1.82, 2.24) is 9.80 Å². The van der Waals surface area contributed by atoms with E-state index in [1.165, 1.54) is 37.1 Å². The Kier molecular flexibility index (Phi) is 4.30. The number of hydrogen-bond acceptors (Lipinski definition) is 3. The third-order valence-electron chi connectivity index (χ3n) is 6.76. The van der Waals surface area contributed by atoms with E-state index >= 15 is 0 Å². The van der Waals surface area contributed by atoms with Crippen LogP contribution in [0, 0.1) is 11.7 Å². The molecule has 0 unspecified atom stereocenters. The van der Waals surface area contributed by atoms with Crippen LogP contribution in [0.5, 0.6) is 0 Å². The summed E-state index contributed by atoms with van der Waals surface area (Å²) in [4.78, 5) is 5.06. The lowest BCUT2D eigenvalue weighted by Gasteiger charge is -2.71. The minimum Gasteiger partial charge on any atom is -0.395 e. The second kappa shape index (κ2) is 6.69. The van der Waals surface area contributed by atoms with E-state index in [9.17, 15) is 9.50 Å². The van der Waals surface area contributed by atoms with E-state index in [4.69, 9.17) is 0 Å². The zero-order valence-corrected chi connectivity index (χ0v) is 15.6. The fourth-order valence-corrected chi connectivity index (χ4v) is 5.32. The van der Waals surface area contributed by atoms with Crippen LogP contribution in [-0.2, 0) is 6.54 Å². The highest BCUT2D eigenvalue weighted by atomic mass is 19.1. The molecule has 0 aromatic heterocycles. The molecule has 2 aromatic rings. The summed E-state index contributed by atoms with van der Waals surface area (Å²) in [7, 11) is 0. The molecule has 3 aliphatic rings. The molecule has 4 heteroatoms. The van der Waals surface area contributed by atoms with E-state index in [2.05, 4.69) is 40.1 Å². The first-order chi connectivity index (χ1) is 13.2. The van der Waals surface area contributed by atoms with Gasteiger partial charge in [-0.25, -0.2) is 4.39 Å². The van der Waals surface area contributed by atoms with Crippen LogP contribution >= 0.6 is 0 Å². The van der Waals surface area contributed by atoms with Crippen LogP contribution in [0.4, 0.5) is 4.39 Å². The molecule has 1 spiro atoms. The normalized spacial score (nSPS) is 27.3. The number of benzene rings is 2. The molecule has 27 heavy (non-hydrogen) atoms. The van der Waals surface area contributed by atoms with Gasteiger partial charge in [-0.05, 0) is 42.0 Å². The largest absolute Gasteiger partial charge is 0.395 e. The lowest BCUT2D eigenvalue weighted by molar-refractivity contribution is -0.196. The number of hydrogen-bond donors (Lipinski definition) is 1. The number of nitrogens with zero attached hydrogens (tertiary/aromatic N) is 2. The van der Waals surface area contributed by atoms with Gasteiger partial charge in [-0.1, -0.05) is 42.5 Å². The van der Waals surface area contributed by atoms with Gasteiger partial charge in [0, 0.05) is 38.1 Å². The van der Waals surface area contributed by atoms with Crippen molar-refractivity contribution >= 4 is 0 Å². The molecule has 3 fully saturated rings. The predicted octanol–water partition coefficient (Wildman–Crippen LogP) is 3.25. The van der Waals surface area contributed by atoms with Crippen LogP contribution < -0.4 is 0 Å². The van der Waals surface area contributed by atoms with Gasteiger partial charge in [0.05, 0.1) is 12.1 Å². The molecule has 2 aromatic carbocycles. The summed E-state index contributed by atoms with van der Waals surface area (Å²) in [6.07, 6.45) is 2.76. The molecular weight excluding hydrogens is 339 g/mol. The van der Waals surface area contributed by atoms with Crippen molar-refractivity contribution < 1.29 is 9.50 Å². The lowest BCUT2D eigenvalue weighted by atomic mass is 9.60. The molecule has 2 aliphatic heterocycles. The number of aliphatic hydroxyl groups excluding tert-OH is 1. The van der Waals surface area contributed by atoms with Gasteiger partial charge < -0.3 is 5.11 Å². The highest BCUT2D eigenvalue weighted by molar-refractivity contribution is 5.36. The third-order valence-corrected chi connectivity index (χ3v) is 6.76. The first-order valence-corrected chi connectivity index (χ1v) is 10.1. The minimum absolute atomic E-state index is 0.0953. The smallest absolute Gasteiger partial charge is 0.123 e. The Labute approximate surface area is 160 Å². The first-order valence-electron chi connectivity index (χ1n) is 10.1. The van der Waals surface area contributed by atoms with E-state index < -0.39 is 0 Å². The van der Waals surface area contributed by atoms with Gasteiger partial charge in [-0.2, -0.15) is 0 Å². The van der Waals surface area contributed by atoms with Crippen molar-refractivity contribution in [3.05, 3.63) is 71.5 Å². The van der Waals surface area contributed by atoms with Crippen LogP contribution in [0.1, 0.15) is 29.9 Å². The van der Waals surface area contributed by atoms with E-state index in [1.54, 1.807) is 0 Å². The Morgan fingerprint density at radius 3 is 2.33 bits per heavy atom. The molecule has 1 aliphatic carbocycles. The van der Waals surface area contributed by atoms with E-state index in [1.807, 2.05) is 12.1 Å². The molecule has 142 valence electrons. The zero-order valence-electron chi connectivity index (χ0n) is 15.6. The Morgan fingerprint density at radius 1 is 1.00 bits per heavy atom. The molecule has 2 saturated heterocycles. The maximum atomic E-state index is 13.3. The molecule has 1 saturated carbocycles. The Hall–Kier alpha value is -1.75. The summed E-state index contributed by atoms with van der Waals surface area (Å²) >= 11 is 0. The number of rotatable bonds is 6. The standard InChI is InChI=1S/C23H27FN2O/c24-20-10-8-18(9-11-20)13-26-21(14-27)22(19-4-2-1-3-5-19)23(26)15-25(16-23)12-17-6-7-17/h1-5,8-11,17,21-22,27H,6-7,12-16H2/t21-,22-/m1/s1. The molecule has 3 nitrogen and oxygen atoms in total. The Balaban J connectivity index is 1.40. The summed E-state index contributed by atoms with van der Waals surface area (Å²) < 4.78 is 13.3. The topological polar surface area (TPSA) is 26.7 Å². The van der Waals surface area contributed by atoms with Crippen molar-refractivity contribution in [3.8, 4) is 0 Å². The molecular formula is C23H27FN2O. The lowest BCUT2D eigenvalue weighted by Crippen LogP contribution is -2.84. The van der Waals surface area contributed by atoms with E-state index in [0.717, 1.165) is 31.1 Å². The van der Waals surface area contributed by atoms with Crippen LogP contribution in [0.2, 0.25) is 0 Å². The maximum absolute atomic E-state index is 13.3. The summed E-state index contributed by atoms with van der Waals surface area (Å²) in [5.74, 6) is 1.06. The maximum Gasteiger partial charge on any atom is 0.123 e. The van der Waals surface area contributed by atoms with Crippen LogP contribution in [0.25, 0.3) is 0 Å². The van der Waals surface area contributed by atoms with Gasteiger partial charge in [0.2, 0.25) is 0 Å². The Bertz CT molecular complexity index is 784. The number of aliphatic hydroxyl groups is 1. The van der Waals surface area contributed by atoms with E-state index in [-0.39, 0.29) is 24.0 Å². The van der Waals surface area contributed by atoms with E-state index in [0.29, 0.717) is 5.92 Å². The second-order valence-corrected chi connectivity index (χ2v) is 8.61. The average molecular weight is 366 g/mol. The zero-order chi connectivity index (χ0) is 18.4. The predicted molar refractivity (Wildman–Crippen MR) is 104 cm³/mol. The highest BCUT2D eigenvalue weighted by Gasteiger charge is 2.65. The van der Waals surface area contributed by atoms with Gasteiger partial charge >= 0.3 is 0 Å². The fourth-order valence-electron chi connectivity index (χ4n) is 5.32. The third kappa shape index (κ3) is 3.00. The van der Waals surface area contributed by atoms with Gasteiger partial charge in [-0.3, -0.25) is 9.80 Å². The quantitative estimate of drug-likeness (QED) is 0.850. The van der Waals surface area contributed by atoms with Crippen molar-refractivity contribution in [2.24, 2.45) is 5.92 Å². The number of halogens is 1. The molecule has 2 atom stereocenters.